The van der Waals surface area contributed by atoms with E-state index in [1.54, 1.807) is 38.7 Å². The Balaban J connectivity index is 2.01. The van der Waals surface area contributed by atoms with Crippen LogP contribution in [0.4, 0.5) is 5.82 Å². The van der Waals surface area contributed by atoms with Gasteiger partial charge in [0.1, 0.15) is 0 Å². The molecule has 0 N–H and O–H groups in total. The van der Waals surface area contributed by atoms with Crippen LogP contribution in [0.5, 0.6) is 5.75 Å². The summed E-state index contributed by atoms with van der Waals surface area (Å²) in [5, 5.41) is 0. The van der Waals surface area contributed by atoms with Crippen molar-refractivity contribution in [2.75, 3.05) is 19.1 Å². The number of rotatable bonds is 4. The highest BCUT2D eigenvalue weighted by molar-refractivity contribution is 6.07. The van der Waals surface area contributed by atoms with Crippen molar-refractivity contribution in [1.29, 1.82) is 0 Å². The molecule has 0 saturated carbocycles. The summed E-state index contributed by atoms with van der Waals surface area (Å²) in [6.07, 6.45) is 3.38. The molecule has 0 spiro atoms. The minimum absolute atomic E-state index is 0.146. The van der Waals surface area contributed by atoms with Crippen molar-refractivity contribution in [2.45, 2.75) is 6.92 Å². The van der Waals surface area contributed by atoms with Gasteiger partial charge in [0, 0.05) is 30.6 Å². The Labute approximate surface area is 146 Å². The van der Waals surface area contributed by atoms with E-state index in [1.165, 1.54) is 4.90 Å². The largest absolute Gasteiger partial charge is 0.493 e. The van der Waals surface area contributed by atoms with Crippen LogP contribution < -0.4 is 9.64 Å². The van der Waals surface area contributed by atoms with E-state index in [4.69, 9.17) is 4.74 Å². The van der Waals surface area contributed by atoms with Gasteiger partial charge < -0.3 is 4.74 Å². The molecule has 0 atom stereocenters. The number of aromatic nitrogens is 2. The maximum Gasteiger partial charge on any atom is 0.259 e. The topological polar surface area (TPSA) is 55.3 Å². The van der Waals surface area contributed by atoms with Gasteiger partial charge in [-0.2, -0.15) is 0 Å². The number of hydrogen-bond acceptors (Lipinski definition) is 4. The Morgan fingerprint density at radius 2 is 1.80 bits per heavy atom. The molecule has 5 nitrogen and oxygen atoms in total. The summed E-state index contributed by atoms with van der Waals surface area (Å²) in [6, 6.07) is 14.9. The number of pyridine rings is 2. The lowest BCUT2D eigenvalue weighted by Crippen LogP contribution is -2.28. The lowest BCUT2D eigenvalue weighted by Gasteiger charge is -2.20. The van der Waals surface area contributed by atoms with Crippen molar-refractivity contribution >= 4 is 11.7 Å². The lowest BCUT2D eigenvalue weighted by atomic mass is 9.99. The number of hydrogen-bond donors (Lipinski definition) is 0. The highest BCUT2D eigenvalue weighted by atomic mass is 16.5. The Kier molecular flexibility index (Phi) is 4.75. The molecule has 0 aliphatic rings. The summed E-state index contributed by atoms with van der Waals surface area (Å²) in [5.41, 5.74) is 3.27. The van der Waals surface area contributed by atoms with Gasteiger partial charge in [0.2, 0.25) is 0 Å². The van der Waals surface area contributed by atoms with Gasteiger partial charge in [-0.15, -0.1) is 0 Å². The second-order valence-electron chi connectivity index (χ2n) is 5.59. The Morgan fingerprint density at radius 3 is 2.52 bits per heavy atom. The third-order valence-electron chi connectivity index (χ3n) is 4.10. The lowest BCUT2D eigenvalue weighted by molar-refractivity contribution is 0.0991. The zero-order chi connectivity index (χ0) is 17.8. The molecule has 0 aliphatic heterocycles. The van der Waals surface area contributed by atoms with Crippen molar-refractivity contribution in [3.05, 3.63) is 72.1 Å². The van der Waals surface area contributed by atoms with Crippen LogP contribution in [0, 0.1) is 6.92 Å². The van der Waals surface area contributed by atoms with Crippen molar-refractivity contribution in [3.63, 3.8) is 0 Å². The van der Waals surface area contributed by atoms with Crippen LogP contribution in [0.15, 0.2) is 60.9 Å². The van der Waals surface area contributed by atoms with E-state index in [2.05, 4.69) is 9.97 Å². The second kappa shape index (κ2) is 7.13. The molecule has 2 aromatic heterocycles. The van der Waals surface area contributed by atoms with E-state index >= 15 is 0 Å². The Hall–Kier alpha value is -3.21. The maximum absolute atomic E-state index is 13.0. The summed E-state index contributed by atoms with van der Waals surface area (Å²) in [7, 11) is 3.26. The van der Waals surface area contributed by atoms with Crippen molar-refractivity contribution in [3.8, 4) is 17.0 Å². The maximum atomic E-state index is 13.0. The SMILES string of the molecule is COc1cccnc1N(C)C(=O)c1cccc(-c2ccccn2)c1C. The standard InChI is InChI=1S/C20H19N3O2/c1-14-15(17-10-4-5-12-21-17)8-6-9-16(14)20(24)23(2)19-18(25-3)11-7-13-22-19/h4-13H,1-3H3. The molecule has 0 aliphatic carbocycles. The molecule has 1 aromatic carbocycles. The number of anilines is 1. The van der Waals surface area contributed by atoms with Crippen LogP contribution in [0.2, 0.25) is 0 Å². The molecular formula is C20H19N3O2. The van der Waals surface area contributed by atoms with E-state index in [9.17, 15) is 4.79 Å². The third kappa shape index (κ3) is 3.21. The molecule has 1 amide bonds. The number of amides is 1. The van der Waals surface area contributed by atoms with E-state index in [-0.39, 0.29) is 5.91 Å². The minimum Gasteiger partial charge on any atom is -0.493 e. The van der Waals surface area contributed by atoms with E-state index in [1.807, 2.05) is 43.3 Å². The van der Waals surface area contributed by atoms with Crippen LogP contribution in [0.25, 0.3) is 11.3 Å². The van der Waals surface area contributed by atoms with Gasteiger partial charge in [-0.1, -0.05) is 18.2 Å². The molecule has 0 fully saturated rings. The molecule has 5 heteroatoms. The first-order chi connectivity index (χ1) is 12.1. The monoisotopic (exact) mass is 333 g/mol. The average molecular weight is 333 g/mol. The summed E-state index contributed by atoms with van der Waals surface area (Å²) in [4.78, 5) is 23.2. The predicted molar refractivity (Wildman–Crippen MR) is 97.9 cm³/mol. The molecule has 3 aromatic rings. The quantitative estimate of drug-likeness (QED) is 0.730. The predicted octanol–water partition coefficient (Wildman–Crippen LogP) is 3.74. The number of carbonyl (C=O) groups excluding carboxylic acids is 1. The van der Waals surface area contributed by atoms with Crippen LogP contribution in [-0.2, 0) is 0 Å². The fourth-order valence-electron chi connectivity index (χ4n) is 2.74. The van der Waals surface area contributed by atoms with E-state index < -0.39 is 0 Å². The van der Waals surface area contributed by atoms with Gasteiger partial charge in [-0.25, -0.2) is 4.98 Å². The zero-order valence-electron chi connectivity index (χ0n) is 14.4. The van der Waals surface area contributed by atoms with Gasteiger partial charge in [-0.05, 0) is 42.8 Å². The Bertz CT molecular complexity index is 894. The highest BCUT2D eigenvalue weighted by Crippen LogP contribution is 2.28. The van der Waals surface area contributed by atoms with E-state index in [0.29, 0.717) is 17.1 Å². The van der Waals surface area contributed by atoms with Gasteiger partial charge >= 0.3 is 0 Å². The molecule has 25 heavy (non-hydrogen) atoms. The van der Waals surface area contributed by atoms with Crippen LogP contribution in [0.3, 0.4) is 0 Å². The summed E-state index contributed by atoms with van der Waals surface area (Å²) in [6.45, 7) is 1.93. The number of nitrogens with zero attached hydrogens (tertiary/aromatic N) is 3. The third-order valence-corrected chi connectivity index (χ3v) is 4.10. The van der Waals surface area contributed by atoms with Gasteiger partial charge in [0.25, 0.3) is 5.91 Å². The van der Waals surface area contributed by atoms with Crippen molar-refractivity contribution in [1.82, 2.24) is 9.97 Å². The van der Waals surface area contributed by atoms with Crippen molar-refractivity contribution in [2.24, 2.45) is 0 Å². The van der Waals surface area contributed by atoms with Crippen LogP contribution in [-0.4, -0.2) is 30.0 Å². The first kappa shape index (κ1) is 16.6. The molecule has 126 valence electrons. The second-order valence-corrected chi connectivity index (χ2v) is 5.59. The van der Waals surface area contributed by atoms with Crippen LogP contribution in [0.1, 0.15) is 15.9 Å². The van der Waals surface area contributed by atoms with Gasteiger partial charge in [0.15, 0.2) is 11.6 Å². The molecule has 3 rings (SSSR count). The van der Waals surface area contributed by atoms with Crippen molar-refractivity contribution < 1.29 is 9.53 Å². The Morgan fingerprint density at radius 1 is 1.00 bits per heavy atom. The summed E-state index contributed by atoms with van der Waals surface area (Å²) >= 11 is 0. The first-order valence-corrected chi connectivity index (χ1v) is 7.91. The molecule has 0 saturated heterocycles. The molecule has 0 radical (unpaired) electrons. The smallest absolute Gasteiger partial charge is 0.259 e. The number of carbonyl (C=O) groups is 1. The highest BCUT2D eigenvalue weighted by Gasteiger charge is 2.21. The fraction of sp³-hybridized carbons (Fsp3) is 0.150. The molecule has 0 unspecified atom stereocenters. The minimum atomic E-state index is -0.146. The fourth-order valence-corrected chi connectivity index (χ4v) is 2.74. The average Bonchev–Trinajstić information content (AvgIpc) is 2.67. The summed E-state index contributed by atoms with van der Waals surface area (Å²) < 4.78 is 5.31. The van der Waals surface area contributed by atoms with Gasteiger partial charge in [-0.3, -0.25) is 14.7 Å². The number of benzene rings is 1. The van der Waals surface area contributed by atoms with E-state index in [0.717, 1.165) is 16.8 Å². The first-order valence-electron chi connectivity index (χ1n) is 7.91. The normalized spacial score (nSPS) is 10.4. The zero-order valence-corrected chi connectivity index (χ0v) is 14.4. The summed E-state index contributed by atoms with van der Waals surface area (Å²) in [5.74, 6) is 0.891. The molecule has 0 bridgehead atoms. The number of ether oxygens (including phenoxy) is 1. The number of methoxy groups -OCH3 is 1. The van der Waals surface area contributed by atoms with Gasteiger partial charge in [0.05, 0.1) is 12.8 Å². The van der Waals surface area contributed by atoms with Crippen LogP contribution >= 0.6 is 0 Å². The molecule has 2 heterocycles. The molecular weight excluding hydrogens is 314 g/mol.